The van der Waals surface area contributed by atoms with Crippen LogP contribution >= 0.6 is 11.8 Å². The van der Waals surface area contributed by atoms with Gasteiger partial charge < -0.3 is 20.9 Å². The Balaban J connectivity index is 2.69. The SMILES string of the molecule is CSCC(C)(O)CNc1ccc(N)c(OC(C)C)c1. The summed E-state index contributed by atoms with van der Waals surface area (Å²) in [5.41, 5.74) is 6.64. The number of rotatable bonds is 7. The molecule has 0 aliphatic carbocycles. The van der Waals surface area contributed by atoms with Crippen LogP contribution in [0.1, 0.15) is 20.8 Å². The minimum Gasteiger partial charge on any atom is -0.489 e. The number of anilines is 2. The summed E-state index contributed by atoms with van der Waals surface area (Å²) in [6.45, 7) is 6.23. The topological polar surface area (TPSA) is 67.5 Å². The van der Waals surface area contributed by atoms with E-state index in [1.807, 2.05) is 45.2 Å². The first kappa shape index (κ1) is 16.0. The van der Waals surface area contributed by atoms with E-state index in [0.717, 1.165) is 5.69 Å². The molecule has 0 heterocycles. The summed E-state index contributed by atoms with van der Waals surface area (Å²) in [6, 6.07) is 5.56. The van der Waals surface area contributed by atoms with Gasteiger partial charge in [-0.25, -0.2) is 0 Å². The van der Waals surface area contributed by atoms with Crippen LogP contribution in [0.25, 0.3) is 0 Å². The molecule has 1 atom stereocenters. The molecule has 0 saturated carbocycles. The lowest BCUT2D eigenvalue weighted by Crippen LogP contribution is -2.36. The van der Waals surface area contributed by atoms with Crippen LogP contribution < -0.4 is 15.8 Å². The van der Waals surface area contributed by atoms with Crippen molar-refractivity contribution in [3.8, 4) is 5.75 Å². The van der Waals surface area contributed by atoms with Gasteiger partial charge >= 0.3 is 0 Å². The van der Waals surface area contributed by atoms with Crippen molar-refractivity contribution >= 4 is 23.1 Å². The van der Waals surface area contributed by atoms with Gasteiger partial charge in [0.05, 0.1) is 17.4 Å². The lowest BCUT2D eigenvalue weighted by atomic mass is 10.1. The fraction of sp³-hybridized carbons (Fsp3) is 0.571. The van der Waals surface area contributed by atoms with E-state index in [1.54, 1.807) is 11.8 Å². The third kappa shape index (κ3) is 5.61. The zero-order chi connectivity index (χ0) is 14.5. The smallest absolute Gasteiger partial charge is 0.144 e. The molecule has 0 aliphatic rings. The van der Waals surface area contributed by atoms with Gasteiger partial charge in [-0.3, -0.25) is 0 Å². The van der Waals surface area contributed by atoms with Crippen LogP contribution in [0.4, 0.5) is 11.4 Å². The summed E-state index contributed by atoms with van der Waals surface area (Å²) >= 11 is 1.62. The average molecular weight is 284 g/mol. The van der Waals surface area contributed by atoms with E-state index in [4.69, 9.17) is 10.5 Å². The minimum atomic E-state index is -0.736. The molecule has 0 fully saturated rings. The summed E-state index contributed by atoms with van der Waals surface area (Å²) in [7, 11) is 0. The summed E-state index contributed by atoms with van der Waals surface area (Å²) in [4.78, 5) is 0. The first-order valence-electron chi connectivity index (χ1n) is 6.35. The van der Waals surface area contributed by atoms with Crippen molar-refractivity contribution in [2.75, 3.05) is 29.6 Å². The number of ether oxygens (including phenoxy) is 1. The molecule has 0 amide bonds. The highest BCUT2D eigenvalue weighted by Gasteiger charge is 2.19. The number of aliphatic hydroxyl groups is 1. The molecule has 19 heavy (non-hydrogen) atoms. The maximum absolute atomic E-state index is 10.1. The molecule has 0 aromatic heterocycles. The van der Waals surface area contributed by atoms with Crippen molar-refractivity contribution in [1.82, 2.24) is 0 Å². The van der Waals surface area contributed by atoms with E-state index < -0.39 is 5.60 Å². The maximum atomic E-state index is 10.1. The second-order valence-electron chi connectivity index (χ2n) is 5.20. The highest BCUT2D eigenvalue weighted by atomic mass is 32.2. The molecule has 5 heteroatoms. The standard InChI is InChI=1S/C14H24N2O2S/c1-10(2)18-13-7-11(5-6-12(13)15)16-8-14(3,17)9-19-4/h5-7,10,16-17H,8-9,15H2,1-4H3. The van der Waals surface area contributed by atoms with Gasteiger partial charge in [-0.1, -0.05) is 0 Å². The summed E-state index contributed by atoms with van der Waals surface area (Å²) < 4.78 is 5.63. The van der Waals surface area contributed by atoms with Crippen molar-refractivity contribution < 1.29 is 9.84 Å². The van der Waals surface area contributed by atoms with Crippen LogP contribution in [-0.4, -0.2) is 35.4 Å². The van der Waals surface area contributed by atoms with Gasteiger partial charge in [-0.2, -0.15) is 11.8 Å². The fourth-order valence-corrected chi connectivity index (χ4v) is 2.38. The van der Waals surface area contributed by atoms with Gasteiger partial charge in [0.25, 0.3) is 0 Å². The van der Waals surface area contributed by atoms with E-state index in [0.29, 0.717) is 23.7 Å². The van der Waals surface area contributed by atoms with E-state index in [9.17, 15) is 5.11 Å². The molecule has 0 bridgehead atoms. The Bertz CT molecular complexity index is 408. The summed E-state index contributed by atoms with van der Waals surface area (Å²) in [5, 5.41) is 13.3. The van der Waals surface area contributed by atoms with Crippen molar-refractivity contribution in [2.45, 2.75) is 32.5 Å². The molecule has 1 aromatic carbocycles. The van der Waals surface area contributed by atoms with Crippen LogP contribution in [0, 0.1) is 0 Å². The second kappa shape index (κ2) is 6.91. The third-order valence-electron chi connectivity index (χ3n) is 2.50. The Hall–Kier alpha value is -1.07. The monoisotopic (exact) mass is 284 g/mol. The molecule has 4 nitrogen and oxygen atoms in total. The largest absolute Gasteiger partial charge is 0.489 e. The van der Waals surface area contributed by atoms with Crippen molar-refractivity contribution in [1.29, 1.82) is 0 Å². The zero-order valence-electron chi connectivity index (χ0n) is 12.1. The lowest BCUT2D eigenvalue weighted by molar-refractivity contribution is 0.0997. The zero-order valence-corrected chi connectivity index (χ0v) is 12.9. The van der Waals surface area contributed by atoms with E-state index in [-0.39, 0.29) is 6.10 Å². The van der Waals surface area contributed by atoms with Gasteiger partial charge in [0.2, 0.25) is 0 Å². The molecular formula is C14H24N2O2S. The predicted molar refractivity (Wildman–Crippen MR) is 84.1 cm³/mol. The molecule has 4 N–H and O–H groups in total. The average Bonchev–Trinajstić information content (AvgIpc) is 2.29. The normalized spacial score (nSPS) is 14.2. The molecular weight excluding hydrogens is 260 g/mol. The minimum absolute atomic E-state index is 0.0807. The quantitative estimate of drug-likeness (QED) is 0.672. The second-order valence-corrected chi connectivity index (χ2v) is 6.07. The number of thioether (sulfide) groups is 1. The number of nitrogen functional groups attached to an aromatic ring is 1. The van der Waals surface area contributed by atoms with Crippen LogP contribution in [0.2, 0.25) is 0 Å². The Morgan fingerprint density at radius 2 is 2.16 bits per heavy atom. The lowest BCUT2D eigenvalue weighted by Gasteiger charge is -2.23. The number of nitrogens with two attached hydrogens (primary N) is 1. The Labute approximate surface area is 119 Å². The molecule has 1 aromatic rings. The van der Waals surface area contributed by atoms with Crippen LogP contribution in [0.3, 0.4) is 0 Å². The molecule has 0 saturated heterocycles. The highest BCUT2D eigenvalue weighted by Crippen LogP contribution is 2.27. The van der Waals surface area contributed by atoms with Crippen molar-refractivity contribution in [3.63, 3.8) is 0 Å². The number of nitrogens with one attached hydrogen (secondary N) is 1. The van der Waals surface area contributed by atoms with Gasteiger partial charge in [-0.05, 0) is 39.2 Å². The van der Waals surface area contributed by atoms with Crippen LogP contribution in [-0.2, 0) is 0 Å². The first-order valence-corrected chi connectivity index (χ1v) is 7.75. The predicted octanol–water partition coefficient (Wildman–Crippen LogP) is 2.58. The van der Waals surface area contributed by atoms with E-state index in [1.165, 1.54) is 0 Å². The van der Waals surface area contributed by atoms with Gasteiger partial charge in [0.15, 0.2) is 0 Å². The Morgan fingerprint density at radius 3 is 2.74 bits per heavy atom. The maximum Gasteiger partial charge on any atom is 0.144 e. The molecule has 1 rings (SSSR count). The number of benzene rings is 1. The van der Waals surface area contributed by atoms with E-state index in [2.05, 4.69) is 5.32 Å². The molecule has 1 unspecified atom stereocenters. The van der Waals surface area contributed by atoms with Crippen molar-refractivity contribution in [3.05, 3.63) is 18.2 Å². The van der Waals surface area contributed by atoms with Crippen molar-refractivity contribution in [2.24, 2.45) is 0 Å². The van der Waals surface area contributed by atoms with E-state index >= 15 is 0 Å². The van der Waals surface area contributed by atoms with Crippen LogP contribution in [0.15, 0.2) is 18.2 Å². The van der Waals surface area contributed by atoms with Gasteiger partial charge in [0, 0.05) is 24.1 Å². The molecule has 0 aliphatic heterocycles. The van der Waals surface area contributed by atoms with Gasteiger partial charge in [-0.15, -0.1) is 0 Å². The molecule has 0 radical (unpaired) electrons. The number of hydrogen-bond acceptors (Lipinski definition) is 5. The van der Waals surface area contributed by atoms with Crippen LogP contribution in [0.5, 0.6) is 5.75 Å². The fourth-order valence-electron chi connectivity index (χ4n) is 1.65. The summed E-state index contributed by atoms with van der Waals surface area (Å²) in [5.74, 6) is 1.36. The molecule has 0 spiro atoms. The highest BCUT2D eigenvalue weighted by molar-refractivity contribution is 7.98. The third-order valence-corrected chi connectivity index (χ3v) is 3.42. The Kier molecular flexibility index (Phi) is 5.82. The first-order chi connectivity index (χ1) is 8.84. The molecule has 108 valence electrons. The number of hydrogen-bond donors (Lipinski definition) is 3. The Morgan fingerprint density at radius 1 is 1.47 bits per heavy atom. The summed E-state index contributed by atoms with van der Waals surface area (Å²) in [6.07, 6.45) is 2.06. The van der Waals surface area contributed by atoms with Gasteiger partial charge in [0.1, 0.15) is 5.75 Å².